The molecule has 204 valence electrons. The maximum atomic E-state index is 13.6. The largest absolute Gasteiger partial charge is 0.416 e. The first-order chi connectivity index (χ1) is 17.7. The van der Waals surface area contributed by atoms with Gasteiger partial charge in [0, 0.05) is 32.1 Å². The van der Waals surface area contributed by atoms with Gasteiger partial charge in [-0.3, -0.25) is 4.79 Å². The van der Waals surface area contributed by atoms with Crippen molar-refractivity contribution in [3.05, 3.63) is 76.4 Å². The Bertz CT molecular complexity index is 1260. The van der Waals surface area contributed by atoms with Crippen molar-refractivity contribution < 1.29 is 35.5 Å². The first kappa shape index (κ1) is 28.8. The summed E-state index contributed by atoms with van der Waals surface area (Å²) in [7, 11) is 4.96. The van der Waals surface area contributed by atoms with E-state index in [0.717, 1.165) is 12.1 Å². The van der Waals surface area contributed by atoms with Gasteiger partial charge >= 0.3 is 12.4 Å². The van der Waals surface area contributed by atoms with E-state index in [1.54, 1.807) is 0 Å². The lowest BCUT2D eigenvalue weighted by Gasteiger charge is -2.18. The quantitative estimate of drug-likeness (QED) is 0.380. The van der Waals surface area contributed by atoms with Gasteiger partial charge in [-0.25, -0.2) is 14.4 Å². The first-order valence-electron chi connectivity index (χ1n) is 11.2. The van der Waals surface area contributed by atoms with Crippen LogP contribution in [0.2, 0.25) is 0 Å². The van der Waals surface area contributed by atoms with Crippen molar-refractivity contribution in [3.8, 4) is 11.1 Å². The molecule has 2 N–H and O–H groups in total. The average molecular weight is 543 g/mol. The van der Waals surface area contributed by atoms with Crippen LogP contribution in [0, 0.1) is 5.82 Å². The number of benzene rings is 2. The van der Waals surface area contributed by atoms with Gasteiger partial charge < -0.3 is 15.5 Å². The molecule has 0 aliphatic rings. The molecule has 0 atom stereocenters. The molecule has 0 unspecified atom stereocenters. The molecule has 0 bridgehead atoms. The molecule has 0 aliphatic carbocycles. The highest BCUT2D eigenvalue weighted by atomic mass is 19.4. The number of anilines is 1. The number of rotatable bonds is 8. The fourth-order valence-electron chi connectivity index (χ4n) is 3.62. The molecule has 3 aromatic rings. The first-order valence-corrected chi connectivity index (χ1v) is 11.2. The minimum absolute atomic E-state index is 0.0231. The van der Waals surface area contributed by atoms with Crippen LogP contribution in [0.1, 0.15) is 32.9 Å². The maximum absolute atomic E-state index is 13.6. The SMILES string of the molecule is CNC(=O)c1nc(NCCN(C)C)nc(Cc2cc(C(F)(F)F)cc(C(F)(F)F)c2)c1-c1ccc(F)cc1. The Morgan fingerprint density at radius 1 is 0.921 bits per heavy atom. The van der Waals surface area contributed by atoms with Crippen molar-refractivity contribution in [1.29, 1.82) is 0 Å². The predicted octanol–water partition coefficient (Wildman–Crippen LogP) is 5.24. The van der Waals surface area contributed by atoms with Gasteiger partial charge in [0.2, 0.25) is 5.95 Å². The second kappa shape index (κ2) is 11.3. The van der Waals surface area contributed by atoms with Crippen LogP contribution in [0.4, 0.5) is 36.7 Å². The molecule has 1 amide bonds. The Morgan fingerprint density at radius 2 is 1.50 bits per heavy atom. The molecule has 1 heterocycles. The second-order valence-electron chi connectivity index (χ2n) is 8.62. The molecule has 3 rings (SSSR count). The third-order valence-electron chi connectivity index (χ3n) is 5.42. The molecule has 13 heteroatoms. The Balaban J connectivity index is 2.24. The molecule has 38 heavy (non-hydrogen) atoms. The van der Waals surface area contributed by atoms with E-state index in [2.05, 4.69) is 20.6 Å². The normalized spacial score (nSPS) is 12.1. The molecule has 1 aromatic heterocycles. The van der Waals surface area contributed by atoms with Crippen molar-refractivity contribution in [2.45, 2.75) is 18.8 Å². The number of nitrogens with one attached hydrogen (secondary N) is 2. The van der Waals surface area contributed by atoms with Crippen LogP contribution in [-0.2, 0) is 18.8 Å². The molecule has 0 fully saturated rings. The Labute approximate surface area is 213 Å². The van der Waals surface area contributed by atoms with E-state index in [0.29, 0.717) is 25.2 Å². The standard InChI is InChI=1S/C25H24F7N5O/c1-33-22(38)21-20(15-4-6-18(26)7-5-15)19(35-23(36-21)34-8-9-37(2)3)12-14-10-16(24(27,28)29)13-17(11-14)25(30,31)32/h4-7,10-11,13H,8-9,12H2,1-3H3,(H,33,38)(H,34,35,36). The number of hydrogen-bond donors (Lipinski definition) is 2. The molecule has 0 saturated heterocycles. The number of hydrogen-bond acceptors (Lipinski definition) is 5. The summed E-state index contributed by atoms with van der Waals surface area (Å²) >= 11 is 0. The van der Waals surface area contributed by atoms with Crippen LogP contribution in [-0.4, -0.2) is 55.0 Å². The molecule has 0 aliphatic heterocycles. The van der Waals surface area contributed by atoms with Crippen molar-refractivity contribution in [2.24, 2.45) is 0 Å². The lowest BCUT2D eigenvalue weighted by molar-refractivity contribution is -0.143. The van der Waals surface area contributed by atoms with E-state index in [4.69, 9.17) is 0 Å². The summed E-state index contributed by atoms with van der Waals surface area (Å²) in [6.45, 7) is 0.869. The zero-order valence-electron chi connectivity index (χ0n) is 20.6. The number of halogens is 7. The molecule has 2 aromatic carbocycles. The van der Waals surface area contributed by atoms with Gasteiger partial charge in [-0.2, -0.15) is 26.3 Å². The number of carbonyl (C=O) groups excluding carboxylic acids is 1. The van der Waals surface area contributed by atoms with E-state index in [1.165, 1.54) is 19.2 Å². The zero-order valence-corrected chi connectivity index (χ0v) is 20.6. The number of amides is 1. The van der Waals surface area contributed by atoms with Crippen LogP contribution in [0.25, 0.3) is 11.1 Å². The number of aromatic nitrogens is 2. The summed E-state index contributed by atoms with van der Waals surface area (Å²) < 4.78 is 94.3. The summed E-state index contributed by atoms with van der Waals surface area (Å²) in [5.41, 5.74) is -3.19. The minimum atomic E-state index is -5.03. The third-order valence-corrected chi connectivity index (χ3v) is 5.42. The molecule has 6 nitrogen and oxygen atoms in total. The summed E-state index contributed by atoms with van der Waals surface area (Å²) in [5.74, 6) is -1.31. The van der Waals surface area contributed by atoms with E-state index in [-0.39, 0.29) is 40.1 Å². The predicted molar refractivity (Wildman–Crippen MR) is 127 cm³/mol. The summed E-state index contributed by atoms with van der Waals surface area (Å²) in [6.07, 6.45) is -10.6. The smallest absolute Gasteiger partial charge is 0.354 e. The molecular formula is C25H24F7N5O. The minimum Gasteiger partial charge on any atom is -0.354 e. The average Bonchev–Trinajstić information content (AvgIpc) is 2.82. The van der Waals surface area contributed by atoms with Crippen LogP contribution < -0.4 is 10.6 Å². The lowest BCUT2D eigenvalue weighted by atomic mass is 9.95. The fraction of sp³-hybridized carbons (Fsp3) is 0.320. The maximum Gasteiger partial charge on any atom is 0.416 e. The Kier molecular flexibility index (Phi) is 8.60. The second-order valence-corrected chi connectivity index (χ2v) is 8.62. The van der Waals surface area contributed by atoms with E-state index in [9.17, 15) is 35.5 Å². The number of nitrogens with zero attached hydrogens (tertiary/aromatic N) is 3. The lowest BCUT2D eigenvalue weighted by Crippen LogP contribution is -2.25. The van der Waals surface area contributed by atoms with E-state index in [1.807, 2.05) is 19.0 Å². The van der Waals surface area contributed by atoms with Crippen molar-refractivity contribution in [1.82, 2.24) is 20.2 Å². The van der Waals surface area contributed by atoms with Gasteiger partial charge in [-0.15, -0.1) is 0 Å². The molecule has 0 radical (unpaired) electrons. The summed E-state index contributed by atoms with van der Waals surface area (Å²) in [4.78, 5) is 23.2. The van der Waals surface area contributed by atoms with Gasteiger partial charge in [0.1, 0.15) is 11.5 Å². The monoisotopic (exact) mass is 543 g/mol. The van der Waals surface area contributed by atoms with Gasteiger partial charge in [0.05, 0.1) is 16.8 Å². The van der Waals surface area contributed by atoms with Crippen molar-refractivity contribution in [2.75, 3.05) is 39.5 Å². The van der Waals surface area contributed by atoms with Crippen LogP contribution in [0.5, 0.6) is 0 Å². The van der Waals surface area contributed by atoms with E-state index < -0.39 is 41.6 Å². The van der Waals surface area contributed by atoms with Gasteiger partial charge in [-0.05, 0) is 55.6 Å². The van der Waals surface area contributed by atoms with Gasteiger partial charge in [0.25, 0.3) is 5.91 Å². The highest BCUT2D eigenvalue weighted by molar-refractivity contribution is 5.99. The Morgan fingerprint density at radius 3 is 2.00 bits per heavy atom. The van der Waals surface area contributed by atoms with Crippen LogP contribution in [0.15, 0.2) is 42.5 Å². The molecular weight excluding hydrogens is 519 g/mol. The zero-order chi connectivity index (χ0) is 28.3. The summed E-state index contributed by atoms with van der Waals surface area (Å²) in [6, 6.07) is 6.07. The van der Waals surface area contributed by atoms with Crippen LogP contribution in [0.3, 0.4) is 0 Å². The van der Waals surface area contributed by atoms with Crippen molar-refractivity contribution >= 4 is 11.9 Å². The summed E-state index contributed by atoms with van der Waals surface area (Å²) in [5, 5.41) is 5.33. The van der Waals surface area contributed by atoms with Gasteiger partial charge in [-0.1, -0.05) is 12.1 Å². The highest BCUT2D eigenvalue weighted by Gasteiger charge is 2.37. The topological polar surface area (TPSA) is 70.2 Å². The number of alkyl halides is 6. The van der Waals surface area contributed by atoms with Gasteiger partial charge in [0.15, 0.2) is 0 Å². The van der Waals surface area contributed by atoms with Crippen LogP contribution >= 0.6 is 0 Å². The third kappa shape index (κ3) is 7.18. The van der Waals surface area contributed by atoms with E-state index >= 15 is 0 Å². The molecule has 0 spiro atoms. The Hall–Kier alpha value is -3.74. The number of likely N-dealkylation sites (N-methyl/N-ethyl adjacent to an activating group) is 1. The molecule has 0 saturated carbocycles. The fourth-order valence-corrected chi connectivity index (χ4v) is 3.62. The number of carbonyl (C=O) groups is 1. The highest BCUT2D eigenvalue weighted by Crippen LogP contribution is 2.37. The van der Waals surface area contributed by atoms with Crippen molar-refractivity contribution in [3.63, 3.8) is 0 Å².